The molecule has 2 aromatic rings. The SMILES string of the molecule is CCCNC(=O)NCc1cccc(CNC(=O)c2ccc([N+](=O)[O-])cc2)c1. The minimum absolute atomic E-state index is 0.0604. The number of nitrogens with one attached hydrogen (secondary N) is 3. The molecule has 0 aliphatic heterocycles. The molecule has 3 N–H and O–H groups in total. The fourth-order valence-corrected chi connectivity index (χ4v) is 2.35. The molecule has 0 aromatic heterocycles. The highest BCUT2D eigenvalue weighted by molar-refractivity contribution is 5.94. The molecule has 0 radical (unpaired) electrons. The number of non-ortho nitro benzene ring substituents is 1. The maximum atomic E-state index is 12.2. The lowest BCUT2D eigenvalue weighted by Gasteiger charge is -2.09. The van der Waals surface area contributed by atoms with Gasteiger partial charge in [-0.1, -0.05) is 31.2 Å². The van der Waals surface area contributed by atoms with E-state index < -0.39 is 4.92 Å². The van der Waals surface area contributed by atoms with E-state index in [1.807, 2.05) is 31.2 Å². The Labute approximate surface area is 157 Å². The number of hydrogen-bond acceptors (Lipinski definition) is 4. The molecular formula is C19H22N4O4. The van der Waals surface area contributed by atoms with E-state index in [1.54, 1.807) is 0 Å². The van der Waals surface area contributed by atoms with Gasteiger partial charge in [0.05, 0.1) is 4.92 Å². The highest BCUT2D eigenvalue weighted by atomic mass is 16.6. The number of amides is 3. The number of nitro groups is 1. The molecule has 2 rings (SSSR count). The lowest BCUT2D eigenvalue weighted by Crippen LogP contribution is -2.35. The monoisotopic (exact) mass is 370 g/mol. The van der Waals surface area contributed by atoms with Crippen molar-refractivity contribution in [3.63, 3.8) is 0 Å². The Kier molecular flexibility index (Phi) is 7.30. The van der Waals surface area contributed by atoms with Crippen molar-refractivity contribution in [2.24, 2.45) is 0 Å². The van der Waals surface area contributed by atoms with Gasteiger partial charge in [-0.05, 0) is 29.7 Å². The Balaban J connectivity index is 1.87. The molecule has 0 spiro atoms. The quantitative estimate of drug-likeness (QED) is 0.490. The van der Waals surface area contributed by atoms with Crippen LogP contribution < -0.4 is 16.0 Å². The Hall–Kier alpha value is -3.42. The van der Waals surface area contributed by atoms with Crippen LogP contribution in [0.1, 0.15) is 34.8 Å². The van der Waals surface area contributed by atoms with Crippen molar-refractivity contribution >= 4 is 17.6 Å². The van der Waals surface area contributed by atoms with Crippen LogP contribution in [0.3, 0.4) is 0 Å². The van der Waals surface area contributed by atoms with Gasteiger partial charge in [0.1, 0.15) is 0 Å². The molecule has 0 aliphatic rings. The van der Waals surface area contributed by atoms with Gasteiger partial charge in [-0.25, -0.2) is 4.79 Å². The fourth-order valence-electron chi connectivity index (χ4n) is 2.35. The summed E-state index contributed by atoms with van der Waals surface area (Å²) in [7, 11) is 0. The van der Waals surface area contributed by atoms with Crippen LogP contribution in [0.25, 0.3) is 0 Å². The normalized spacial score (nSPS) is 10.1. The summed E-state index contributed by atoms with van der Waals surface area (Å²) in [4.78, 5) is 33.9. The molecule has 0 fully saturated rings. The van der Waals surface area contributed by atoms with E-state index in [2.05, 4.69) is 16.0 Å². The van der Waals surface area contributed by atoms with E-state index in [-0.39, 0.29) is 17.6 Å². The van der Waals surface area contributed by atoms with E-state index in [0.717, 1.165) is 17.5 Å². The van der Waals surface area contributed by atoms with Crippen molar-refractivity contribution in [1.29, 1.82) is 0 Å². The molecule has 0 unspecified atom stereocenters. The first-order valence-corrected chi connectivity index (χ1v) is 8.61. The van der Waals surface area contributed by atoms with Crippen LogP contribution >= 0.6 is 0 Å². The van der Waals surface area contributed by atoms with Gasteiger partial charge in [0, 0.05) is 37.3 Å². The molecule has 0 saturated carbocycles. The summed E-state index contributed by atoms with van der Waals surface area (Å²) in [6.07, 6.45) is 0.872. The van der Waals surface area contributed by atoms with Gasteiger partial charge >= 0.3 is 6.03 Å². The van der Waals surface area contributed by atoms with Gasteiger partial charge in [0.15, 0.2) is 0 Å². The first-order valence-electron chi connectivity index (χ1n) is 8.61. The topological polar surface area (TPSA) is 113 Å². The molecule has 0 bridgehead atoms. The van der Waals surface area contributed by atoms with Crippen molar-refractivity contribution in [3.05, 3.63) is 75.3 Å². The van der Waals surface area contributed by atoms with E-state index in [9.17, 15) is 19.7 Å². The third-order valence-electron chi connectivity index (χ3n) is 3.77. The van der Waals surface area contributed by atoms with Gasteiger partial charge < -0.3 is 16.0 Å². The number of carbonyl (C=O) groups excluding carboxylic acids is 2. The number of benzene rings is 2. The highest BCUT2D eigenvalue weighted by Gasteiger charge is 2.09. The molecule has 3 amide bonds. The van der Waals surface area contributed by atoms with Crippen LogP contribution in [0.4, 0.5) is 10.5 Å². The van der Waals surface area contributed by atoms with Gasteiger partial charge in [-0.2, -0.15) is 0 Å². The van der Waals surface area contributed by atoms with Crippen molar-refractivity contribution in [1.82, 2.24) is 16.0 Å². The Morgan fingerprint density at radius 1 is 0.963 bits per heavy atom. The van der Waals surface area contributed by atoms with E-state index >= 15 is 0 Å². The third-order valence-corrected chi connectivity index (χ3v) is 3.77. The number of urea groups is 1. The van der Waals surface area contributed by atoms with Crippen molar-refractivity contribution in [2.45, 2.75) is 26.4 Å². The van der Waals surface area contributed by atoms with E-state index in [4.69, 9.17) is 0 Å². The molecule has 0 heterocycles. The molecule has 142 valence electrons. The smallest absolute Gasteiger partial charge is 0.315 e. The molecular weight excluding hydrogens is 348 g/mol. The van der Waals surface area contributed by atoms with Gasteiger partial charge in [-0.3, -0.25) is 14.9 Å². The van der Waals surface area contributed by atoms with Gasteiger partial charge in [0.2, 0.25) is 0 Å². The minimum atomic E-state index is -0.510. The summed E-state index contributed by atoms with van der Waals surface area (Å²) >= 11 is 0. The average Bonchev–Trinajstić information content (AvgIpc) is 2.69. The molecule has 0 saturated heterocycles. The minimum Gasteiger partial charge on any atom is -0.348 e. The zero-order valence-electron chi connectivity index (χ0n) is 15.0. The second kappa shape index (κ2) is 9.91. The third kappa shape index (κ3) is 6.43. The zero-order valence-corrected chi connectivity index (χ0v) is 15.0. The lowest BCUT2D eigenvalue weighted by molar-refractivity contribution is -0.384. The number of nitrogens with zero attached hydrogens (tertiary/aromatic N) is 1. The van der Waals surface area contributed by atoms with Crippen LogP contribution in [-0.2, 0) is 13.1 Å². The highest BCUT2D eigenvalue weighted by Crippen LogP contribution is 2.12. The molecule has 8 nitrogen and oxygen atoms in total. The zero-order chi connectivity index (χ0) is 19.6. The first-order chi connectivity index (χ1) is 13.0. The average molecular weight is 370 g/mol. The molecule has 2 aromatic carbocycles. The lowest BCUT2D eigenvalue weighted by atomic mass is 10.1. The summed E-state index contributed by atoms with van der Waals surface area (Å²) in [6.45, 7) is 3.31. The van der Waals surface area contributed by atoms with Crippen LogP contribution in [0.15, 0.2) is 48.5 Å². The summed E-state index contributed by atoms with van der Waals surface area (Å²) in [5.74, 6) is -0.313. The van der Waals surface area contributed by atoms with E-state index in [0.29, 0.717) is 25.2 Å². The van der Waals surface area contributed by atoms with Gasteiger partial charge in [0.25, 0.3) is 11.6 Å². The van der Waals surface area contributed by atoms with Crippen molar-refractivity contribution in [2.75, 3.05) is 6.54 Å². The molecule has 0 atom stereocenters. The summed E-state index contributed by atoms with van der Waals surface area (Å²) < 4.78 is 0. The number of hydrogen-bond donors (Lipinski definition) is 3. The van der Waals surface area contributed by atoms with E-state index in [1.165, 1.54) is 24.3 Å². The summed E-state index contributed by atoms with van der Waals surface area (Å²) in [6, 6.07) is 12.7. The Morgan fingerprint density at radius 2 is 1.59 bits per heavy atom. The predicted octanol–water partition coefficient (Wildman–Crippen LogP) is 2.73. The van der Waals surface area contributed by atoms with Crippen molar-refractivity contribution < 1.29 is 14.5 Å². The van der Waals surface area contributed by atoms with Crippen LogP contribution in [0, 0.1) is 10.1 Å². The number of rotatable bonds is 8. The molecule has 27 heavy (non-hydrogen) atoms. The number of nitro benzene ring substituents is 1. The van der Waals surface area contributed by atoms with Crippen LogP contribution in [0.2, 0.25) is 0 Å². The Bertz CT molecular complexity index is 806. The number of carbonyl (C=O) groups is 2. The largest absolute Gasteiger partial charge is 0.348 e. The Morgan fingerprint density at radius 3 is 2.19 bits per heavy atom. The second-order valence-electron chi connectivity index (χ2n) is 5.92. The predicted molar refractivity (Wildman–Crippen MR) is 101 cm³/mol. The maximum Gasteiger partial charge on any atom is 0.315 e. The van der Waals surface area contributed by atoms with Gasteiger partial charge in [-0.15, -0.1) is 0 Å². The second-order valence-corrected chi connectivity index (χ2v) is 5.92. The molecule has 8 heteroatoms. The van der Waals surface area contributed by atoms with Crippen LogP contribution in [0.5, 0.6) is 0 Å². The molecule has 0 aliphatic carbocycles. The summed E-state index contributed by atoms with van der Waals surface area (Å²) in [5.41, 5.74) is 2.10. The summed E-state index contributed by atoms with van der Waals surface area (Å²) in [5, 5.41) is 18.9. The van der Waals surface area contributed by atoms with Crippen molar-refractivity contribution in [3.8, 4) is 0 Å². The first kappa shape index (κ1) is 19.9. The fraction of sp³-hybridized carbons (Fsp3) is 0.263. The van der Waals surface area contributed by atoms with Crippen LogP contribution in [-0.4, -0.2) is 23.4 Å². The maximum absolute atomic E-state index is 12.2. The standard InChI is InChI=1S/C19H22N4O4/c1-2-10-20-19(25)22-13-15-5-3-4-14(11-15)12-21-18(24)16-6-8-17(9-7-16)23(26)27/h3-9,11H,2,10,12-13H2,1H3,(H,21,24)(H2,20,22,25).